The van der Waals surface area contributed by atoms with E-state index in [1.807, 2.05) is 0 Å². The van der Waals surface area contributed by atoms with E-state index >= 15 is 0 Å². The summed E-state index contributed by atoms with van der Waals surface area (Å²) in [5.41, 5.74) is 12.8. The first-order valence-electron chi connectivity index (χ1n) is 3.44. The first kappa shape index (κ1) is 9.40. The molecule has 2 nitrogen and oxygen atoms in total. The number of hydrogen-bond donors (Lipinski definition) is 2. The van der Waals surface area contributed by atoms with Crippen LogP contribution in [0.4, 0.5) is 0 Å². The fourth-order valence-electron chi connectivity index (χ4n) is 0.558. The van der Waals surface area contributed by atoms with Gasteiger partial charge in [-0.25, -0.2) is 0 Å². The monoisotopic (exact) mass is 140 g/mol. The third-order valence-electron chi connectivity index (χ3n) is 1.41. The van der Waals surface area contributed by atoms with Crippen LogP contribution in [0.15, 0.2) is 24.3 Å². The van der Waals surface area contributed by atoms with Crippen molar-refractivity contribution in [3.8, 4) is 0 Å². The molecule has 0 saturated heterocycles. The standard InChI is InChI=1S/C8H16N2/c1-7(5-9)3-4-8(2)6-10/h1-6,9-10H2. The minimum Gasteiger partial charge on any atom is -0.327 e. The molecule has 0 aliphatic heterocycles. The highest BCUT2D eigenvalue weighted by Crippen LogP contribution is 2.05. The Kier molecular flexibility index (Phi) is 4.89. The highest BCUT2D eigenvalue weighted by molar-refractivity contribution is 5.03. The van der Waals surface area contributed by atoms with Crippen molar-refractivity contribution in [2.45, 2.75) is 12.8 Å². The smallest absolute Gasteiger partial charge is 0.0134 e. The van der Waals surface area contributed by atoms with Gasteiger partial charge in [-0.1, -0.05) is 24.3 Å². The molecule has 0 saturated carbocycles. The van der Waals surface area contributed by atoms with Crippen molar-refractivity contribution in [1.82, 2.24) is 0 Å². The van der Waals surface area contributed by atoms with Gasteiger partial charge in [-0.05, 0) is 12.8 Å². The summed E-state index contributed by atoms with van der Waals surface area (Å²) in [6, 6.07) is 0. The zero-order valence-electron chi connectivity index (χ0n) is 6.40. The third-order valence-corrected chi connectivity index (χ3v) is 1.41. The van der Waals surface area contributed by atoms with Crippen LogP contribution < -0.4 is 11.5 Å². The molecule has 0 atom stereocenters. The first-order valence-corrected chi connectivity index (χ1v) is 3.44. The van der Waals surface area contributed by atoms with Gasteiger partial charge in [0.05, 0.1) is 0 Å². The van der Waals surface area contributed by atoms with Crippen molar-refractivity contribution >= 4 is 0 Å². The van der Waals surface area contributed by atoms with Crippen molar-refractivity contribution in [2.75, 3.05) is 13.1 Å². The molecular weight excluding hydrogens is 124 g/mol. The predicted octanol–water partition coefficient (Wildman–Crippen LogP) is 0.796. The Morgan fingerprint density at radius 1 is 0.900 bits per heavy atom. The van der Waals surface area contributed by atoms with Crippen molar-refractivity contribution in [2.24, 2.45) is 11.5 Å². The first-order chi connectivity index (χ1) is 4.70. The predicted molar refractivity (Wildman–Crippen MR) is 45.6 cm³/mol. The summed E-state index contributed by atoms with van der Waals surface area (Å²) >= 11 is 0. The zero-order chi connectivity index (χ0) is 7.98. The molecule has 0 rings (SSSR count). The molecule has 0 aromatic heterocycles. The van der Waals surface area contributed by atoms with E-state index in [-0.39, 0.29) is 0 Å². The minimum atomic E-state index is 0.567. The quantitative estimate of drug-likeness (QED) is 0.555. The summed E-state index contributed by atoms with van der Waals surface area (Å²) in [6.07, 6.45) is 1.85. The summed E-state index contributed by atoms with van der Waals surface area (Å²) in [4.78, 5) is 0. The highest BCUT2D eigenvalue weighted by atomic mass is 14.5. The molecule has 0 aliphatic carbocycles. The van der Waals surface area contributed by atoms with E-state index < -0.39 is 0 Å². The van der Waals surface area contributed by atoms with Gasteiger partial charge < -0.3 is 11.5 Å². The van der Waals surface area contributed by atoms with Gasteiger partial charge in [0.15, 0.2) is 0 Å². The Labute approximate surface area is 62.6 Å². The average molecular weight is 140 g/mol. The second-order valence-electron chi connectivity index (χ2n) is 2.41. The van der Waals surface area contributed by atoms with E-state index in [1.54, 1.807) is 0 Å². The number of hydrogen-bond acceptors (Lipinski definition) is 2. The summed E-state index contributed by atoms with van der Waals surface area (Å²) in [5, 5.41) is 0. The van der Waals surface area contributed by atoms with E-state index in [9.17, 15) is 0 Å². The minimum absolute atomic E-state index is 0.567. The molecule has 10 heavy (non-hydrogen) atoms. The molecule has 0 aromatic rings. The molecule has 4 N–H and O–H groups in total. The molecule has 0 bridgehead atoms. The van der Waals surface area contributed by atoms with Crippen LogP contribution in [0.25, 0.3) is 0 Å². The molecule has 0 fully saturated rings. The second-order valence-corrected chi connectivity index (χ2v) is 2.41. The summed E-state index contributed by atoms with van der Waals surface area (Å²) in [7, 11) is 0. The summed E-state index contributed by atoms with van der Waals surface area (Å²) in [6.45, 7) is 8.68. The lowest BCUT2D eigenvalue weighted by Crippen LogP contribution is -2.05. The maximum atomic E-state index is 5.34. The molecule has 0 radical (unpaired) electrons. The lowest BCUT2D eigenvalue weighted by molar-refractivity contribution is 0.874. The lowest BCUT2D eigenvalue weighted by Gasteiger charge is -2.02. The lowest BCUT2D eigenvalue weighted by atomic mass is 10.1. The number of nitrogens with two attached hydrogens (primary N) is 2. The highest BCUT2D eigenvalue weighted by Gasteiger charge is 1.93. The van der Waals surface area contributed by atoms with Crippen molar-refractivity contribution < 1.29 is 0 Å². The van der Waals surface area contributed by atoms with Gasteiger partial charge in [-0.15, -0.1) is 0 Å². The van der Waals surface area contributed by atoms with E-state index in [1.165, 1.54) is 0 Å². The van der Waals surface area contributed by atoms with Crippen LogP contribution in [0.5, 0.6) is 0 Å². The van der Waals surface area contributed by atoms with Crippen LogP contribution in [0, 0.1) is 0 Å². The Balaban J connectivity index is 3.35. The maximum absolute atomic E-state index is 5.34. The molecule has 0 unspecified atom stereocenters. The van der Waals surface area contributed by atoms with E-state index in [0.29, 0.717) is 13.1 Å². The fraction of sp³-hybridized carbons (Fsp3) is 0.500. The fourth-order valence-corrected chi connectivity index (χ4v) is 0.558. The van der Waals surface area contributed by atoms with Gasteiger partial charge in [-0.2, -0.15) is 0 Å². The Morgan fingerprint density at radius 2 is 1.20 bits per heavy atom. The average Bonchev–Trinajstić information content (AvgIpc) is 1.99. The molecule has 0 aliphatic rings. The van der Waals surface area contributed by atoms with Crippen molar-refractivity contribution in [1.29, 1.82) is 0 Å². The van der Waals surface area contributed by atoms with Gasteiger partial charge >= 0.3 is 0 Å². The number of rotatable bonds is 5. The molecule has 0 spiro atoms. The van der Waals surface area contributed by atoms with Crippen LogP contribution in [-0.2, 0) is 0 Å². The van der Waals surface area contributed by atoms with E-state index in [4.69, 9.17) is 11.5 Å². The molecule has 0 aromatic carbocycles. The van der Waals surface area contributed by atoms with E-state index in [2.05, 4.69) is 13.2 Å². The molecule has 2 heteroatoms. The van der Waals surface area contributed by atoms with Gasteiger partial charge in [0.2, 0.25) is 0 Å². The van der Waals surface area contributed by atoms with Crippen molar-refractivity contribution in [3.63, 3.8) is 0 Å². The normalized spacial score (nSPS) is 9.40. The maximum Gasteiger partial charge on any atom is 0.0134 e. The Morgan fingerprint density at radius 3 is 1.40 bits per heavy atom. The van der Waals surface area contributed by atoms with Crippen LogP contribution in [0.2, 0.25) is 0 Å². The van der Waals surface area contributed by atoms with Gasteiger partial charge in [0.25, 0.3) is 0 Å². The largest absolute Gasteiger partial charge is 0.327 e. The van der Waals surface area contributed by atoms with Gasteiger partial charge in [0.1, 0.15) is 0 Å². The zero-order valence-corrected chi connectivity index (χ0v) is 6.40. The van der Waals surface area contributed by atoms with E-state index in [0.717, 1.165) is 24.0 Å². The Bertz CT molecular complexity index is 111. The van der Waals surface area contributed by atoms with Crippen molar-refractivity contribution in [3.05, 3.63) is 24.3 Å². The van der Waals surface area contributed by atoms with Gasteiger partial charge in [-0.3, -0.25) is 0 Å². The summed E-state index contributed by atoms with van der Waals surface area (Å²) < 4.78 is 0. The van der Waals surface area contributed by atoms with Gasteiger partial charge in [0, 0.05) is 13.1 Å². The van der Waals surface area contributed by atoms with Crippen LogP contribution in [0.3, 0.4) is 0 Å². The topological polar surface area (TPSA) is 52.0 Å². The van der Waals surface area contributed by atoms with Crippen LogP contribution in [-0.4, -0.2) is 13.1 Å². The third kappa shape index (κ3) is 4.30. The molecule has 58 valence electrons. The molecule has 0 heterocycles. The molecule has 0 amide bonds. The van der Waals surface area contributed by atoms with Crippen LogP contribution >= 0.6 is 0 Å². The summed E-state index contributed by atoms with van der Waals surface area (Å²) in [5.74, 6) is 0. The van der Waals surface area contributed by atoms with Crippen LogP contribution in [0.1, 0.15) is 12.8 Å². The molecular formula is C8H16N2. The Hall–Kier alpha value is -0.600. The second kappa shape index (κ2) is 5.21. The SMILES string of the molecule is C=C(CN)CCC(=C)CN.